The highest BCUT2D eigenvalue weighted by molar-refractivity contribution is 7.47. The van der Waals surface area contributed by atoms with Crippen LogP contribution in [0.1, 0.15) is 265 Å². The molecule has 458 valence electrons. The molecule has 0 amide bonds. The maximum absolute atomic E-state index is 12.9. The van der Waals surface area contributed by atoms with Crippen molar-refractivity contribution >= 4 is 25.7 Å². The van der Waals surface area contributed by atoms with E-state index in [0.717, 1.165) is 103 Å². The molecule has 0 rings (SSSR count). The van der Waals surface area contributed by atoms with E-state index in [2.05, 4.69) is 118 Å². The first kappa shape index (κ1) is 76.1. The topological polar surface area (TPSA) is 155 Å². The fourth-order valence-corrected chi connectivity index (χ4v) is 9.23. The van der Waals surface area contributed by atoms with Crippen LogP contribution in [-0.4, -0.2) is 66.5 Å². The van der Waals surface area contributed by atoms with Gasteiger partial charge in [-0.05, 0) is 96.3 Å². The van der Waals surface area contributed by atoms with Crippen molar-refractivity contribution < 1.29 is 52.2 Å². The number of aliphatic hydroxyl groups is 1. The Morgan fingerprint density at radius 2 is 0.662 bits per heavy atom. The highest BCUT2D eigenvalue weighted by atomic mass is 31.2. The molecule has 3 unspecified atom stereocenters. The van der Waals surface area contributed by atoms with Crippen LogP contribution in [0.3, 0.4) is 0 Å². The molecule has 12 heteroatoms. The molecule has 0 aliphatic carbocycles. The number of ether oxygens (including phenoxy) is 3. The van der Waals surface area contributed by atoms with Crippen LogP contribution in [0.2, 0.25) is 0 Å². The van der Waals surface area contributed by atoms with Gasteiger partial charge in [-0.1, -0.05) is 259 Å². The number of aliphatic hydroxyl groups excluding tert-OH is 1. The average molecular weight is 1140 g/mol. The van der Waals surface area contributed by atoms with Gasteiger partial charge in [0.15, 0.2) is 6.10 Å². The van der Waals surface area contributed by atoms with Crippen LogP contribution in [0.5, 0.6) is 0 Å². The van der Waals surface area contributed by atoms with Gasteiger partial charge < -0.3 is 24.2 Å². The summed E-state index contributed by atoms with van der Waals surface area (Å²) in [4.78, 5) is 48.7. The number of carbonyl (C=O) groups is 3. The van der Waals surface area contributed by atoms with E-state index in [1.54, 1.807) is 0 Å². The zero-order valence-electron chi connectivity index (χ0n) is 50.8. The summed E-state index contributed by atoms with van der Waals surface area (Å²) in [6.45, 7) is 4.35. The lowest BCUT2D eigenvalue weighted by Crippen LogP contribution is -2.30. The molecule has 80 heavy (non-hydrogen) atoms. The van der Waals surface area contributed by atoms with Crippen molar-refractivity contribution in [3.63, 3.8) is 0 Å². The zero-order valence-corrected chi connectivity index (χ0v) is 51.7. The highest BCUT2D eigenvalue weighted by Crippen LogP contribution is 2.43. The van der Waals surface area contributed by atoms with Gasteiger partial charge in [0.05, 0.1) is 19.8 Å². The number of hydrogen-bond donors (Lipinski definition) is 2. The number of allylic oxidation sites excluding steroid dienone is 18. The van der Waals surface area contributed by atoms with E-state index in [1.165, 1.54) is 96.3 Å². The molecule has 0 spiro atoms. The van der Waals surface area contributed by atoms with Gasteiger partial charge in [-0.3, -0.25) is 23.4 Å². The Hall–Kier alpha value is -3.86. The number of unbranched alkanes of at least 4 members (excludes halogenated alkanes) is 23. The summed E-state index contributed by atoms with van der Waals surface area (Å²) in [6.07, 6.45) is 74.8. The molecule has 11 nitrogen and oxygen atoms in total. The number of hydrogen-bond acceptors (Lipinski definition) is 10. The minimum Gasteiger partial charge on any atom is -0.462 e. The van der Waals surface area contributed by atoms with Crippen molar-refractivity contribution in [2.75, 3.05) is 26.4 Å². The molecular weight excluding hydrogens is 1020 g/mol. The van der Waals surface area contributed by atoms with E-state index in [4.69, 9.17) is 23.3 Å². The van der Waals surface area contributed by atoms with Gasteiger partial charge in [0.2, 0.25) is 0 Å². The predicted molar refractivity (Wildman–Crippen MR) is 334 cm³/mol. The summed E-state index contributed by atoms with van der Waals surface area (Å²) in [7, 11) is -4.78. The molecule has 3 atom stereocenters. The molecular formula is C68H115O11P. The Balaban J connectivity index is 4.78. The molecule has 0 saturated heterocycles. The molecule has 0 heterocycles. The van der Waals surface area contributed by atoms with Gasteiger partial charge in [0, 0.05) is 19.3 Å². The normalized spacial score (nSPS) is 14.0. The zero-order chi connectivity index (χ0) is 58.3. The third kappa shape index (κ3) is 58.8. The van der Waals surface area contributed by atoms with Crippen LogP contribution in [0.15, 0.2) is 109 Å². The minimum atomic E-state index is -4.78. The number of carbonyl (C=O) groups excluding carboxylic acids is 3. The summed E-state index contributed by atoms with van der Waals surface area (Å²) >= 11 is 0. The summed E-state index contributed by atoms with van der Waals surface area (Å²) in [5.41, 5.74) is 0. The van der Waals surface area contributed by atoms with Crippen molar-refractivity contribution in [3.05, 3.63) is 109 Å². The van der Waals surface area contributed by atoms with Crippen molar-refractivity contribution in [1.29, 1.82) is 0 Å². The second-order valence-corrected chi connectivity index (χ2v) is 22.3. The van der Waals surface area contributed by atoms with E-state index < -0.39 is 57.8 Å². The van der Waals surface area contributed by atoms with E-state index in [0.29, 0.717) is 25.7 Å². The van der Waals surface area contributed by atoms with Crippen LogP contribution < -0.4 is 0 Å². The largest absolute Gasteiger partial charge is 0.472 e. The summed E-state index contributed by atoms with van der Waals surface area (Å²) in [5.74, 6) is -1.56. The molecule has 0 aromatic carbocycles. The SMILES string of the molecule is CC/C=C\C/C=C\C/C=C\C/C=C\C/C=C\CCCC(=O)OC(COC(=O)CCCCCCCCCCCCCCCCCCCCC)COP(=O)(O)OCC(CO)OC(=O)CCCCCC/C=C\C/C=C\C/C=C\C/C=C\CC. The second-order valence-electron chi connectivity index (χ2n) is 20.8. The van der Waals surface area contributed by atoms with Crippen LogP contribution >= 0.6 is 7.82 Å². The smallest absolute Gasteiger partial charge is 0.462 e. The molecule has 0 bridgehead atoms. The highest BCUT2D eigenvalue weighted by Gasteiger charge is 2.28. The first-order chi connectivity index (χ1) is 39.2. The number of phosphoric ester groups is 1. The third-order valence-corrected chi connectivity index (χ3v) is 14.1. The van der Waals surface area contributed by atoms with Crippen LogP contribution in [-0.2, 0) is 42.2 Å². The third-order valence-electron chi connectivity index (χ3n) is 13.2. The van der Waals surface area contributed by atoms with Crippen molar-refractivity contribution in [2.24, 2.45) is 0 Å². The first-order valence-electron chi connectivity index (χ1n) is 31.8. The first-order valence-corrected chi connectivity index (χ1v) is 33.3. The number of rotatable bonds is 58. The summed E-state index contributed by atoms with van der Waals surface area (Å²) in [5, 5.41) is 9.84. The Kier molecular flexibility index (Phi) is 58.3. The fraction of sp³-hybridized carbons (Fsp3) is 0.691. The van der Waals surface area contributed by atoms with Gasteiger partial charge in [-0.15, -0.1) is 0 Å². The maximum atomic E-state index is 12.9. The van der Waals surface area contributed by atoms with E-state index in [-0.39, 0.29) is 25.9 Å². The lowest BCUT2D eigenvalue weighted by Gasteiger charge is -2.21. The van der Waals surface area contributed by atoms with Crippen molar-refractivity contribution in [2.45, 2.75) is 277 Å². The standard InChI is InChI=1S/C68H115O11P/c1-4-7-10-13-16-19-22-25-28-31-32-35-36-39-42-45-48-51-54-57-66(70)75-61-65(79-68(72)59-56-53-50-47-44-41-38-34-30-27-24-21-18-15-12-9-6-3)63-77-80(73,74)76-62-64(60-69)78-67(71)58-55-52-49-46-43-40-37-33-29-26-23-20-17-14-11-8-5-2/h8-9,11-12,17-18,20-21,26-27,29-30,37-38,40-41,47,50,64-65,69H,4-7,10,13-16,19,22-25,28,31-36,39,42-46,48-49,51-63H2,1-3H3,(H,73,74)/b11-8-,12-9-,20-17-,21-18-,29-26-,30-27-,40-37-,41-38-,50-47-. The number of esters is 3. The van der Waals surface area contributed by atoms with Gasteiger partial charge in [-0.2, -0.15) is 0 Å². The molecule has 0 saturated carbocycles. The Morgan fingerprint density at radius 1 is 0.362 bits per heavy atom. The number of phosphoric acid groups is 1. The maximum Gasteiger partial charge on any atom is 0.472 e. The van der Waals surface area contributed by atoms with Gasteiger partial charge >= 0.3 is 25.7 Å². The van der Waals surface area contributed by atoms with Crippen LogP contribution in [0.25, 0.3) is 0 Å². The van der Waals surface area contributed by atoms with E-state index >= 15 is 0 Å². The molecule has 0 aromatic heterocycles. The van der Waals surface area contributed by atoms with Gasteiger partial charge in [0.25, 0.3) is 0 Å². The van der Waals surface area contributed by atoms with Gasteiger partial charge in [-0.25, -0.2) is 4.57 Å². The predicted octanol–water partition coefficient (Wildman–Crippen LogP) is 19.4. The molecule has 0 aliphatic heterocycles. The van der Waals surface area contributed by atoms with E-state index in [1.807, 2.05) is 12.2 Å². The van der Waals surface area contributed by atoms with E-state index in [9.17, 15) is 28.9 Å². The average Bonchev–Trinajstić information content (AvgIpc) is 3.45. The fourth-order valence-electron chi connectivity index (χ4n) is 8.44. The molecule has 0 fully saturated rings. The second kappa shape index (κ2) is 61.2. The molecule has 2 N–H and O–H groups in total. The minimum absolute atomic E-state index is 0.0843. The van der Waals surface area contributed by atoms with Crippen LogP contribution in [0.4, 0.5) is 0 Å². The summed E-state index contributed by atoms with van der Waals surface area (Å²) < 4.78 is 39.6. The van der Waals surface area contributed by atoms with Crippen molar-refractivity contribution in [1.82, 2.24) is 0 Å². The van der Waals surface area contributed by atoms with Crippen molar-refractivity contribution in [3.8, 4) is 0 Å². The molecule has 0 aromatic rings. The molecule has 0 radical (unpaired) electrons. The Morgan fingerprint density at radius 3 is 1.05 bits per heavy atom. The summed E-state index contributed by atoms with van der Waals surface area (Å²) in [6, 6.07) is 0. The lowest BCUT2D eigenvalue weighted by atomic mass is 10.0. The van der Waals surface area contributed by atoms with Crippen LogP contribution in [0, 0.1) is 0 Å². The van der Waals surface area contributed by atoms with Gasteiger partial charge in [0.1, 0.15) is 12.7 Å². The Labute approximate surface area is 488 Å². The Bertz CT molecular complexity index is 1760. The molecule has 0 aliphatic rings. The quantitative estimate of drug-likeness (QED) is 0.0197. The monoisotopic (exact) mass is 1140 g/mol. The lowest BCUT2D eigenvalue weighted by molar-refractivity contribution is -0.161.